The minimum absolute atomic E-state index is 0.134. The molecule has 0 aliphatic rings. The molecule has 0 aliphatic carbocycles. The number of amides is 1. The fraction of sp³-hybridized carbons (Fsp3) is 0.417. The fourth-order valence-corrected chi connectivity index (χ4v) is 1.45. The molecule has 0 aliphatic heterocycles. The summed E-state index contributed by atoms with van der Waals surface area (Å²) >= 11 is 0. The normalized spacial score (nSPS) is 11.7. The van der Waals surface area contributed by atoms with Crippen molar-refractivity contribution in [1.29, 1.82) is 0 Å². The average Bonchev–Trinajstić information content (AvgIpc) is 2.72. The number of nitrogens with zero attached hydrogens (tertiary/aromatic N) is 3. The van der Waals surface area contributed by atoms with E-state index in [1.54, 1.807) is 29.2 Å². The van der Waals surface area contributed by atoms with Crippen LogP contribution in [-0.4, -0.2) is 26.0 Å². The van der Waals surface area contributed by atoms with E-state index in [4.69, 9.17) is 0 Å². The maximum atomic E-state index is 12.1. The number of rotatable bonds is 3. The van der Waals surface area contributed by atoms with E-state index in [-0.39, 0.29) is 11.4 Å². The van der Waals surface area contributed by atoms with Crippen LogP contribution in [0.25, 0.3) is 5.65 Å². The van der Waals surface area contributed by atoms with Gasteiger partial charge in [0.15, 0.2) is 5.65 Å². The summed E-state index contributed by atoms with van der Waals surface area (Å²) in [4.78, 5) is 16.2. The van der Waals surface area contributed by atoms with Gasteiger partial charge in [-0.2, -0.15) is 5.10 Å². The highest BCUT2D eigenvalue weighted by Crippen LogP contribution is 2.11. The molecule has 2 aromatic heterocycles. The minimum atomic E-state index is -0.222. The number of nitrogens with one attached hydrogen (secondary N) is 1. The van der Waals surface area contributed by atoms with Crippen LogP contribution >= 0.6 is 0 Å². The zero-order chi connectivity index (χ0) is 12.5. The van der Waals surface area contributed by atoms with Gasteiger partial charge in [-0.05, 0) is 26.3 Å². The van der Waals surface area contributed by atoms with Crippen LogP contribution in [0.2, 0.25) is 0 Å². The molecule has 0 saturated heterocycles. The molecular weight excluding hydrogens is 216 g/mol. The van der Waals surface area contributed by atoms with E-state index in [1.165, 1.54) is 0 Å². The van der Waals surface area contributed by atoms with Gasteiger partial charge in [-0.3, -0.25) is 4.79 Å². The molecule has 0 unspecified atom stereocenters. The molecular formula is C12H16N4O. The summed E-state index contributed by atoms with van der Waals surface area (Å²) < 4.78 is 1.59. The molecule has 5 heteroatoms. The van der Waals surface area contributed by atoms with Gasteiger partial charge < -0.3 is 5.32 Å². The molecule has 2 rings (SSSR count). The van der Waals surface area contributed by atoms with Crippen molar-refractivity contribution in [3.63, 3.8) is 0 Å². The maximum Gasteiger partial charge on any atom is 0.257 e. The minimum Gasteiger partial charge on any atom is -0.347 e. The highest BCUT2D eigenvalue weighted by Gasteiger charge is 2.21. The van der Waals surface area contributed by atoms with Gasteiger partial charge in [0.2, 0.25) is 0 Å². The maximum absolute atomic E-state index is 12.1. The highest BCUT2D eigenvalue weighted by molar-refractivity contribution is 5.99. The predicted molar refractivity (Wildman–Crippen MR) is 64.8 cm³/mol. The molecule has 2 aromatic rings. The van der Waals surface area contributed by atoms with Crippen LogP contribution in [0.15, 0.2) is 24.7 Å². The number of carbonyl (C=O) groups excluding carboxylic acids is 1. The third-order valence-corrected chi connectivity index (χ3v) is 2.86. The summed E-state index contributed by atoms with van der Waals surface area (Å²) in [6, 6.07) is 1.78. The van der Waals surface area contributed by atoms with Crippen molar-refractivity contribution in [2.75, 3.05) is 0 Å². The first-order chi connectivity index (χ1) is 8.03. The van der Waals surface area contributed by atoms with Crippen molar-refractivity contribution < 1.29 is 4.79 Å². The van der Waals surface area contributed by atoms with Gasteiger partial charge in [0.1, 0.15) is 5.56 Å². The largest absolute Gasteiger partial charge is 0.347 e. The lowest BCUT2D eigenvalue weighted by Gasteiger charge is -2.23. The summed E-state index contributed by atoms with van der Waals surface area (Å²) in [6.45, 7) is 6.02. The van der Waals surface area contributed by atoms with Crippen LogP contribution in [0.1, 0.15) is 37.6 Å². The van der Waals surface area contributed by atoms with E-state index in [0.29, 0.717) is 11.2 Å². The average molecular weight is 232 g/mol. The molecule has 0 aromatic carbocycles. The lowest BCUT2D eigenvalue weighted by molar-refractivity contribution is 0.0913. The number of carbonyl (C=O) groups is 1. The number of fused-ring (bicyclic) bond motifs is 1. The molecule has 17 heavy (non-hydrogen) atoms. The molecule has 90 valence electrons. The van der Waals surface area contributed by atoms with Crippen LogP contribution in [0.5, 0.6) is 0 Å². The van der Waals surface area contributed by atoms with Crippen molar-refractivity contribution >= 4 is 11.6 Å². The van der Waals surface area contributed by atoms with Gasteiger partial charge in [-0.15, -0.1) is 0 Å². The lowest BCUT2D eigenvalue weighted by Crippen LogP contribution is -2.42. The Morgan fingerprint density at radius 2 is 2.29 bits per heavy atom. The highest BCUT2D eigenvalue weighted by atomic mass is 16.1. The van der Waals surface area contributed by atoms with Crippen LogP contribution in [0.3, 0.4) is 0 Å². The van der Waals surface area contributed by atoms with Crippen molar-refractivity contribution in [2.24, 2.45) is 0 Å². The summed E-state index contributed by atoms with van der Waals surface area (Å²) in [5, 5.41) is 7.06. The molecule has 2 heterocycles. The Hall–Kier alpha value is -1.91. The Morgan fingerprint density at radius 1 is 1.53 bits per heavy atom. The molecule has 0 spiro atoms. The molecule has 0 radical (unpaired) electrons. The smallest absolute Gasteiger partial charge is 0.257 e. The monoisotopic (exact) mass is 232 g/mol. The lowest BCUT2D eigenvalue weighted by atomic mass is 10.0. The predicted octanol–water partition coefficient (Wildman–Crippen LogP) is 1.65. The zero-order valence-electron chi connectivity index (χ0n) is 10.3. The van der Waals surface area contributed by atoms with E-state index in [9.17, 15) is 4.79 Å². The van der Waals surface area contributed by atoms with Crippen molar-refractivity contribution in [1.82, 2.24) is 19.9 Å². The van der Waals surface area contributed by atoms with Crippen LogP contribution < -0.4 is 5.32 Å². The quantitative estimate of drug-likeness (QED) is 0.875. The summed E-state index contributed by atoms with van der Waals surface area (Å²) in [5.74, 6) is -0.134. The van der Waals surface area contributed by atoms with Crippen LogP contribution in [0, 0.1) is 0 Å². The first-order valence-electron chi connectivity index (χ1n) is 5.64. The van der Waals surface area contributed by atoms with Gasteiger partial charge in [0.25, 0.3) is 5.91 Å². The van der Waals surface area contributed by atoms with E-state index in [1.807, 2.05) is 20.8 Å². The zero-order valence-corrected chi connectivity index (χ0v) is 10.3. The second kappa shape index (κ2) is 4.16. The van der Waals surface area contributed by atoms with Gasteiger partial charge >= 0.3 is 0 Å². The second-order valence-corrected chi connectivity index (χ2v) is 4.64. The topological polar surface area (TPSA) is 59.3 Å². The van der Waals surface area contributed by atoms with E-state index < -0.39 is 0 Å². The molecule has 5 nitrogen and oxygen atoms in total. The molecule has 0 saturated carbocycles. The molecule has 0 atom stereocenters. The fourth-order valence-electron chi connectivity index (χ4n) is 1.45. The van der Waals surface area contributed by atoms with E-state index in [2.05, 4.69) is 15.4 Å². The van der Waals surface area contributed by atoms with E-state index in [0.717, 1.165) is 6.42 Å². The third kappa shape index (κ3) is 2.27. The van der Waals surface area contributed by atoms with Crippen LogP contribution in [-0.2, 0) is 0 Å². The number of hydrogen-bond acceptors (Lipinski definition) is 3. The Kier molecular flexibility index (Phi) is 2.83. The standard InChI is InChI=1S/C12H16N4O/c1-4-12(2,3)15-11(17)9-8-14-16-7-5-6-13-10(9)16/h5-8H,4H2,1-3H3,(H,15,17). The first-order valence-corrected chi connectivity index (χ1v) is 5.64. The first kappa shape index (κ1) is 11.6. The Labute approximate surface area is 99.9 Å². The van der Waals surface area contributed by atoms with Gasteiger partial charge in [-0.1, -0.05) is 6.92 Å². The third-order valence-electron chi connectivity index (χ3n) is 2.86. The summed E-state index contributed by atoms with van der Waals surface area (Å²) in [6.07, 6.45) is 5.83. The van der Waals surface area contributed by atoms with Gasteiger partial charge in [-0.25, -0.2) is 9.50 Å². The van der Waals surface area contributed by atoms with Crippen LogP contribution in [0.4, 0.5) is 0 Å². The second-order valence-electron chi connectivity index (χ2n) is 4.64. The van der Waals surface area contributed by atoms with E-state index >= 15 is 0 Å². The van der Waals surface area contributed by atoms with Crippen molar-refractivity contribution in [2.45, 2.75) is 32.7 Å². The Morgan fingerprint density at radius 3 is 3.00 bits per heavy atom. The molecule has 1 N–H and O–H groups in total. The van der Waals surface area contributed by atoms with Crippen molar-refractivity contribution in [3.8, 4) is 0 Å². The summed E-state index contributed by atoms with van der Waals surface area (Å²) in [7, 11) is 0. The molecule has 1 amide bonds. The molecule has 0 fully saturated rings. The number of hydrogen-bond donors (Lipinski definition) is 1. The van der Waals surface area contributed by atoms with Gasteiger partial charge in [0.05, 0.1) is 6.20 Å². The Balaban J connectivity index is 2.31. The number of aromatic nitrogens is 3. The van der Waals surface area contributed by atoms with Crippen molar-refractivity contribution in [3.05, 3.63) is 30.2 Å². The SMILES string of the molecule is CCC(C)(C)NC(=O)c1cnn2cccnc12. The molecule has 0 bridgehead atoms. The summed E-state index contributed by atoms with van der Waals surface area (Å²) in [5.41, 5.74) is 0.865. The Bertz CT molecular complexity index is 544. The van der Waals surface area contributed by atoms with Gasteiger partial charge in [0, 0.05) is 17.9 Å².